The first kappa shape index (κ1) is 15.9. The summed E-state index contributed by atoms with van der Waals surface area (Å²) in [5.41, 5.74) is 0.886. The lowest BCUT2D eigenvalue weighted by Gasteiger charge is -2.03. The standard InChI is InChI=1S/C14H16FN3OS2/c1-3-6-20-14-18-17-13(21-14)16-8-12(19)10-5-4-9(2)11(15)7-10/h4-5,7H,3,6,8H2,1-2H3,(H,16,17). The first-order chi connectivity index (χ1) is 10.1. The third-order valence-corrected chi connectivity index (χ3v) is 4.95. The van der Waals surface area contributed by atoms with E-state index in [1.54, 1.807) is 30.8 Å². The van der Waals surface area contributed by atoms with Crippen LogP contribution in [0.4, 0.5) is 9.52 Å². The predicted octanol–water partition coefficient (Wildman–Crippen LogP) is 3.78. The first-order valence-corrected chi connectivity index (χ1v) is 8.40. The van der Waals surface area contributed by atoms with Gasteiger partial charge in [-0.3, -0.25) is 4.79 Å². The Labute approximate surface area is 131 Å². The molecule has 1 aromatic heterocycles. The molecule has 7 heteroatoms. The summed E-state index contributed by atoms with van der Waals surface area (Å²) in [6.45, 7) is 3.85. The number of nitrogens with one attached hydrogen (secondary N) is 1. The fourth-order valence-corrected chi connectivity index (χ4v) is 3.23. The van der Waals surface area contributed by atoms with Gasteiger partial charge in [-0.1, -0.05) is 42.2 Å². The van der Waals surface area contributed by atoms with Gasteiger partial charge in [0, 0.05) is 11.3 Å². The summed E-state index contributed by atoms with van der Waals surface area (Å²) in [5, 5.41) is 11.5. The monoisotopic (exact) mass is 325 g/mol. The number of anilines is 1. The fraction of sp³-hybridized carbons (Fsp3) is 0.357. The summed E-state index contributed by atoms with van der Waals surface area (Å²) in [6, 6.07) is 4.50. The molecular weight excluding hydrogens is 309 g/mol. The molecular formula is C14H16FN3OS2. The number of aryl methyl sites for hydroxylation is 1. The van der Waals surface area contributed by atoms with Gasteiger partial charge >= 0.3 is 0 Å². The van der Waals surface area contributed by atoms with E-state index >= 15 is 0 Å². The molecule has 0 radical (unpaired) electrons. The van der Waals surface area contributed by atoms with E-state index in [0.717, 1.165) is 16.5 Å². The summed E-state index contributed by atoms with van der Waals surface area (Å²) >= 11 is 3.06. The van der Waals surface area contributed by atoms with Crippen LogP contribution in [0.15, 0.2) is 22.5 Å². The van der Waals surface area contributed by atoms with Gasteiger partial charge in [0.2, 0.25) is 5.13 Å². The number of nitrogens with zero attached hydrogens (tertiary/aromatic N) is 2. The zero-order valence-electron chi connectivity index (χ0n) is 11.9. The molecule has 2 aromatic rings. The molecule has 0 atom stereocenters. The Morgan fingerprint density at radius 3 is 2.95 bits per heavy atom. The van der Waals surface area contributed by atoms with Crippen LogP contribution in [-0.2, 0) is 0 Å². The average Bonchev–Trinajstić information content (AvgIpc) is 2.93. The number of carbonyl (C=O) groups excluding carboxylic acids is 1. The van der Waals surface area contributed by atoms with Gasteiger partial charge in [0.25, 0.3) is 0 Å². The molecule has 2 rings (SSSR count). The van der Waals surface area contributed by atoms with E-state index in [4.69, 9.17) is 0 Å². The molecule has 1 aromatic carbocycles. The Morgan fingerprint density at radius 1 is 1.43 bits per heavy atom. The van der Waals surface area contributed by atoms with Crippen LogP contribution < -0.4 is 5.32 Å². The van der Waals surface area contributed by atoms with E-state index in [-0.39, 0.29) is 18.1 Å². The first-order valence-electron chi connectivity index (χ1n) is 6.59. The number of halogens is 1. The molecule has 0 aliphatic rings. The summed E-state index contributed by atoms with van der Waals surface area (Å²) < 4.78 is 14.3. The van der Waals surface area contributed by atoms with Gasteiger partial charge in [-0.25, -0.2) is 4.39 Å². The number of aromatic nitrogens is 2. The Morgan fingerprint density at radius 2 is 2.24 bits per heavy atom. The molecule has 0 amide bonds. The van der Waals surface area contributed by atoms with Crippen molar-refractivity contribution in [3.8, 4) is 0 Å². The fourth-order valence-electron chi connectivity index (χ4n) is 1.55. The van der Waals surface area contributed by atoms with Gasteiger partial charge in [0.1, 0.15) is 5.82 Å². The van der Waals surface area contributed by atoms with Crippen LogP contribution in [0.3, 0.4) is 0 Å². The predicted molar refractivity (Wildman–Crippen MR) is 84.9 cm³/mol. The van der Waals surface area contributed by atoms with Crippen LogP contribution in [0.2, 0.25) is 0 Å². The summed E-state index contributed by atoms with van der Waals surface area (Å²) in [7, 11) is 0. The van der Waals surface area contributed by atoms with Crippen molar-refractivity contribution in [3.05, 3.63) is 35.1 Å². The van der Waals surface area contributed by atoms with Crippen LogP contribution in [-0.4, -0.2) is 28.3 Å². The summed E-state index contributed by atoms with van der Waals surface area (Å²) in [6.07, 6.45) is 1.07. The molecule has 4 nitrogen and oxygen atoms in total. The van der Waals surface area contributed by atoms with Crippen LogP contribution in [0.5, 0.6) is 0 Å². The summed E-state index contributed by atoms with van der Waals surface area (Å²) in [4.78, 5) is 12.0. The zero-order chi connectivity index (χ0) is 15.2. The topological polar surface area (TPSA) is 54.9 Å². The average molecular weight is 325 g/mol. The minimum absolute atomic E-state index is 0.0789. The van der Waals surface area contributed by atoms with Gasteiger partial charge in [0.15, 0.2) is 10.1 Å². The molecule has 0 fully saturated rings. The van der Waals surface area contributed by atoms with E-state index < -0.39 is 0 Å². The van der Waals surface area contributed by atoms with E-state index in [2.05, 4.69) is 22.4 Å². The number of hydrogen-bond donors (Lipinski definition) is 1. The normalized spacial score (nSPS) is 10.6. The molecule has 1 heterocycles. The highest BCUT2D eigenvalue weighted by Gasteiger charge is 2.10. The lowest BCUT2D eigenvalue weighted by Crippen LogP contribution is -2.14. The number of hydrogen-bond acceptors (Lipinski definition) is 6. The number of rotatable bonds is 7. The van der Waals surface area contributed by atoms with Crippen molar-refractivity contribution in [2.75, 3.05) is 17.6 Å². The molecule has 112 valence electrons. The molecule has 0 saturated heterocycles. The molecule has 0 bridgehead atoms. The number of Topliss-reactive ketones (excluding diaryl/α,β-unsaturated/α-hetero) is 1. The zero-order valence-corrected chi connectivity index (χ0v) is 13.5. The van der Waals surface area contributed by atoms with E-state index in [1.807, 2.05) is 0 Å². The van der Waals surface area contributed by atoms with Crippen molar-refractivity contribution in [2.24, 2.45) is 0 Å². The maximum absolute atomic E-state index is 13.4. The highest BCUT2D eigenvalue weighted by atomic mass is 32.2. The van der Waals surface area contributed by atoms with Gasteiger partial charge in [-0.05, 0) is 25.0 Å². The van der Waals surface area contributed by atoms with E-state index in [9.17, 15) is 9.18 Å². The third-order valence-electron chi connectivity index (χ3n) is 2.73. The molecule has 0 unspecified atom stereocenters. The van der Waals surface area contributed by atoms with Crippen molar-refractivity contribution in [1.82, 2.24) is 10.2 Å². The molecule has 0 aliphatic carbocycles. The van der Waals surface area contributed by atoms with Crippen molar-refractivity contribution >= 4 is 34.0 Å². The van der Waals surface area contributed by atoms with Crippen LogP contribution in [0.1, 0.15) is 29.3 Å². The van der Waals surface area contributed by atoms with Crippen molar-refractivity contribution < 1.29 is 9.18 Å². The Kier molecular flexibility index (Phi) is 5.69. The Balaban J connectivity index is 1.91. The minimum atomic E-state index is -0.366. The van der Waals surface area contributed by atoms with Crippen LogP contribution in [0.25, 0.3) is 0 Å². The third kappa shape index (κ3) is 4.50. The van der Waals surface area contributed by atoms with E-state index in [1.165, 1.54) is 17.4 Å². The second-order valence-corrected chi connectivity index (χ2v) is 6.78. The van der Waals surface area contributed by atoms with Crippen molar-refractivity contribution in [3.63, 3.8) is 0 Å². The van der Waals surface area contributed by atoms with Crippen molar-refractivity contribution in [2.45, 2.75) is 24.6 Å². The maximum Gasteiger partial charge on any atom is 0.206 e. The lowest BCUT2D eigenvalue weighted by molar-refractivity contribution is 0.101. The number of thioether (sulfide) groups is 1. The highest BCUT2D eigenvalue weighted by Crippen LogP contribution is 2.25. The second kappa shape index (κ2) is 7.51. The molecule has 0 aliphatic heterocycles. The largest absolute Gasteiger partial charge is 0.353 e. The quantitative estimate of drug-likeness (QED) is 0.620. The van der Waals surface area contributed by atoms with Crippen molar-refractivity contribution in [1.29, 1.82) is 0 Å². The highest BCUT2D eigenvalue weighted by molar-refractivity contribution is 8.01. The SMILES string of the molecule is CCCSc1nnc(NCC(=O)c2ccc(C)c(F)c2)s1. The van der Waals surface area contributed by atoms with Crippen LogP contribution in [0, 0.1) is 12.7 Å². The van der Waals surface area contributed by atoms with Crippen LogP contribution >= 0.6 is 23.1 Å². The number of benzene rings is 1. The maximum atomic E-state index is 13.4. The van der Waals surface area contributed by atoms with Gasteiger partial charge in [-0.2, -0.15) is 0 Å². The summed E-state index contributed by atoms with van der Waals surface area (Å²) in [5.74, 6) is 0.456. The number of ketones is 1. The van der Waals surface area contributed by atoms with Gasteiger partial charge < -0.3 is 5.32 Å². The van der Waals surface area contributed by atoms with Gasteiger partial charge in [0.05, 0.1) is 6.54 Å². The second-order valence-electron chi connectivity index (χ2n) is 4.46. The molecule has 21 heavy (non-hydrogen) atoms. The smallest absolute Gasteiger partial charge is 0.206 e. The Hall–Kier alpha value is -1.47. The minimum Gasteiger partial charge on any atom is -0.353 e. The molecule has 0 saturated carbocycles. The Bertz CT molecular complexity index is 630. The lowest BCUT2D eigenvalue weighted by atomic mass is 10.1. The van der Waals surface area contributed by atoms with E-state index in [0.29, 0.717) is 16.3 Å². The molecule has 0 spiro atoms. The van der Waals surface area contributed by atoms with Gasteiger partial charge in [-0.15, -0.1) is 10.2 Å². The number of carbonyl (C=O) groups is 1. The molecule has 1 N–H and O–H groups in total.